The van der Waals surface area contributed by atoms with Crippen LogP contribution in [0.15, 0.2) is 77.0 Å². The van der Waals surface area contributed by atoms with E-state index in [4.69, 9.17) is 35.8 Å². The van der Waals surface area contributed by atoms with E-state index in [2.05, 4.69) is 27.2 Å². The van der Waals surface area contributed by atoms with Crippen LogP contribution in [-0.4, -0.2) is 44.4 Å². The number of esters is 1. The lowest BCUT2D eigenvalue weighted by atomic mass is 9.95. The van der Waals surface area contributed by atoms with Crippen molar-refractivity contribution in [2.75, 3.05) is 20.3 Å². The maximum atomic E-state index is 12.6. The van der Waals surface area contributed by atoms with Gasteiger partial charge in [-0.1, -0.05) is 29.8 Å². The molecule has 12 nitrogen and oxygen atoms in total. The third-order valence-corrected chi connectivity index (χ3v) is 6.72. The zero-order valence-electron chi connectivity index (χ0n) is 24.7. The number of hydrogen-bond donors (Lipinski definition) is 3. The standard InChI is InChI=1S/C32H30ClN5O7/c1-4-43-31(40)29-19(2)36-32(41)37-30(29)22-9-11-26(27(14-22)42-3)45-18-28(39)38-35-16-23-13-24(33)10-12-25(23)44-17-21-7-5-20(15-34)6-8-21/h5-14,16,30H,4,17-18H2,1-3H3,(H,38,39)(H2,36,37,41)/b35-16+/t30-/m0/s1. The lowest BCUT2D eigenvalue weighted by Gasteiger charge is -2.28. The average Bonchev–Trinajstić information content (AvgIpc) is 3.03. The molecule has 0 aromatic heterocycles. The van der Waals surface area contributed by atoms with Gasteiger partial charge in [0.05, 0.1) is 43.2 Å². The highest BCUT2D eigenvalue weighted by atomic mass is 35.5. The fourth-order valence-corrected chi connectivity index (χ4v) is 4.52. The first-order chi connectivity index (χ1) is 21.7. The van der Waals surface area contributed by atoms with E-state index in [1.807, 2.05) is 0 Å². The number of urea groups is 1. The molecule has 0 fully saturated rings. The van der Waals surface area contributed by atoms with Crippen LogP contribution < -0.4 is 30.3 Å². The molecule has 45 heavy (non-hydrogen) atoms. The van der Waals surface area contributed by atoms with Crippen LogP contribution in [0.5, 0.6) is 17.2 Å². The van der Waals surface area contributed by atoms with Crippen molar-refractivity contribution in [1.29, 1.82) is 5.26 Å². The van der Waals surface area contributed by atoms with E-state index in [1.54, 1.807) is 74.5 Å². The Morgan fingerprint density at radius 3 is 2.53 bits per heavy atom. The normalized spacial score (nSPS) is 14.2. The van der Waals surface area contributed by atoms with Gasteiger partial charge in [0.1, 0.15) is 12.4 Å². The van der Waals surface area contributed by atoms with Crippen LogP contribution in [0.2, 0.25) is 5.02 Å². The van der Waals surface area contributed by atoms with Gasteiger partial charge in [-0.15, -0.1) is 0 Å². The fraction of sp³-hybridized carbons (Fsp3) is 0.219. The first-order valence-corrected chi connectivity index (χ1v) is 14.1. The van der Waals surface area contributed by atoms with E-state index in [0.29, 0.717) is 33.2 Å². The van der Waals surface area contributed by atoms with Crippen molar-refractivity contribution >= 4 is 35.7 Å². The van der Waals surface area contributed by atoms with E-state index >= 15 is 0 Å². The zero-order chi connectivity index (χ0) is 32.3. The van der Waals surface area contributed by atoms with Crippen molar-refractivity contribution in [2.24, 2.45) is 5.10 Å². The number of nitriles is 1. The number of ether oxygens (including phenoxy) is 4. The van der Waals surface area contributed by atoms with Crippen molar-refractivity contribution < 1.29 is 33.3 Å². The number of carbonyl (C=O) groups is 3. The number of allylic oxidation sites excluding steroid dienone is 1. The first-order valence-electron chi connectivity index (χ1n) is 13.7. The number of benzene rings is 3. The molecule has 3 aromatic carbocycles. The molecule has 13 heteroatoms. The van der Waals surface area contributed by atoms with Gasteiger partial charge in [0, 0.05) is 16.3 Å². The molecule has 0 spiro atoms. The minimum Gasteiger partial charge on any atom is -0.493 e. The molecule has 3 amide bonds. The molecule has 0 saturated carbocycles. The molecule has 0 bridgehead atoms. The predicted molar refractivity (Wildman–Crippen MR) is 165 cm³/mol. The van der Waals surface area contributed by atoms with Crippen molar-refractivity contribution in [3.8, 4) is 23.3 Å². The van der Waals surface area contributed by atoms with Crippen molar-refractivity contribution in [3.63, 3.8) is 0 Å². The summed E-state index contributed by atoms with van der Waals surface area (Å²) in [5, 5.41) is 18.7. The third-order valence-electron chi connectivity index (χ3n) is 6.49. The van der Waals surface area contributed by atoms with E-state index in [9.17, 15) is 14.4 Å². The summed E-state index contributed by atoms with van der Waals surface area (Å²) >= 11 is 6.15. The van der Waals surface area contributed by atoms with Crippen LogP contribution in [0, 0.1) is 11.3 Å². The smallest absolute Gasteiger partial charge is 0.338 e. The van der Waals surface area contributed by atoms with Crippen LogP contribution in [-0.2, 0) is 20.9 Å². The SMILES string of the molecule is CCOC(=O)C1=C(C)NC(=O)N[C@H]1c1ccc(OCC(=O)N/N=C/c2cc(Cl)ccc2OCc2ccc(C#N)cc2)c(OC)c1. The minimum atomic E-state index is -0.789. The summed E-state index contributed by atoms with van der Waals surface area (Å²) < 4.78 is 22.2. The molecule has 0 radical (unpaired) electrons. The highest BCUT2D eigenvalue weighted by molar-refractivity contribution is 6.30. The Labute approximate surface area is 264 Å². The van der Waals surface area contributed by atoms with Crippen molar-refractivity contribution in [3.05, 3.63) is 99.2 Å². The number of rotatable bonds is 12. The van der Waals surface area contributed by atoms with Gasteiger partial charge in [0.2, 0.25) is 0 Å². The average molecular weight is 632 g/mol. The second-order valence-corrected chi connectivity index (χ2v) is 10.00. The number of amides is 3. The highest BCUT2D eigenvalue weighted by Gasteiger charge is 2.32. The first kappa shape index (κ1) is 32.4. The molecular formula is C32H30ClN5O7. The predicted octanol–water partition coefficient (Wildman–Crippen LogP) is 4.52. The molecule has 1 atom stereocenters. The quantitative estimate of drug-likeness (QED) is 0.149. The second-order valence-electron chi connectivity index (χ2n) is 9.56. The summed E-state index contributed by atoms with van der Waals surface area (Å²) in [7, 11) is 1.43. The largest absolute Gasteiger partial charge is 0.493 e. The molecule has 4 rings (SSSR count). The number of carbonyl (C=O) groups excluding carboxylic acids is 3. The van der Waals surface area contributed by atoms with Gasteiger partial charge in [-0.3, -0.25) is 4.79 Å². The molecule has 0 aliphatic carbocycles. The molecule has 1 heterocycles. The lowest BCUT2D eigenvalue weighted by Crippen LogP contribution is -2.45. The van der Waals surface area contributed by atoms with Crippen LogP contribution in [0.1, 0.15) is 42.1 Å². The Kier molecular flexibility index (Phi) is 11.0. The molecule has 0 saturated heterocycles. The van der Waals surface area contributed by atoms with Gasteiger partial charge >= 0.3 is 12.0 Å². The number of nitrogens with zero attached hydrogens (tertiary/aromatic N) is 2. The monoisotopic (exact) mass is 631 g/mol. The van der Waals surface area contributed by atoms with E-state index in [0.717, 1.165) is 5.56 Å². The van der Waals surface area contributed by atoms with Crippen LogP contribution in [0.25, 0.3) is 0 Å². The summed E-state index contributed by atoms with van der Waals surface area (Å²) in [6.45, 7) is 3.34. The summed E-state index contributed by atoms with van der Waals surface area (Å²) in [5.74, 6) is -0.0864. The molecule has 232 valence electrons. The number of halogens is 1. The molecule has 3 aromatic rings. The molecule has 3 N–H and O–H groups in total. The summed E-state index contributed by atoms with van der Waals surface area (Å²) in [4.78, 5) is 37.3. The summed E-state index contributed by atoms with van der Waals surface area (Å²) in [6, 6.07) is 17.7. The van der Waals surface area contributed by atoms with Crippen LogP contribution in [0.3, 0.4) is 0 Å². The van der Waals surface area contributed by atoms with Gasteiger partial charge in [-0.25, -0.2) is 15.0 Å². The maximum Gasteiger partial charge on any atom is 0.338 e. The van der Waals surface area contributed by atoms with Gasteiger partial charge in [0.25, 0.3) is 5.91 Å². The molecule has 1 aliphatic heterocycles. The van der Waals surface area contributed by atoms with Gasteiger partial charge in [-0.05, 0) is 67.4 Å². The number of methoxy groups -OCH3 is 1. The fourth-order valence-electron chi connectivity index (χ4n) is 4.34. The Balaban J connectivity index is 1.38. The third kappa shape index (κ3) is 8.52. The number of nitrogens with one attached hydrogen (secondary N) is 3. The zero-order valence-corrected chi connectivity index (χ0v) is 25.4. The Bertz CT molecular complexity index is 1680. The number of hydrazone groups is 1. The molecule has 0 unspecified atom stereocenters. The lowest BCUT2D eigenvalue weighted by molar-refractivity contribution is -0.139. The Morgan fingerprint density at radius 1 is 1.07 bits per heavy atom. The molecular weight excluding hydrogens is 602 g/mol. The Hall–Kier alpha value is -5.54. The topological polar surface area (TPSA) is 160 Å². The van der Waals surface area contributed by atoms with Gasteiger partial charge in [0.15, 0.2) is 18.1 Å². The van der Waals surface area contributed by atoms with Crippen molar-refractivity contribution in [2.45, 2.75) is 26.5 Å². The van der Waals surface area contributed by atoms with Crippen LogP contribution >= 0.6 is 11.6 Å². The number of hydrogen-bond acceptors (Lipinski definition) is 9. The second kappa shape index (κ2) is 15.3. The molecule has 1 aliphatic rings. The van der Waals surface area contributed by atoms with Gasteiger partial charge in [-0.2, -0.15) is 10.4 Å². The minimum absolute atomic E-state index is 0.173. The van der Waals surface area contributed by atoms with Crippen molar-refractivity contribution in [1.82, 2.24) is 16.1 Å². The summed E-state index contributed by atoms with van der Waals surface area (Å²) in [5.41, 5.74) is 5.53. The van der Waals surface area contributed by atoms with E-state index < -0.39 is 23.9 Å². The van der Waals surface area contributed by atoms with E-state index in [-0.39, 0.29) is 36.9 Å². The Morgan fingerprint density at radius 2 is 1.82 bits per heavy atom. The van der Waals surface area contributed by atoms with Gasteiger partial charge < -0.3 is 29.6 Å². The van der Waals surface area contributed by atoms with Crippen LogP contribution in [0.4, 0.5) is 4.79 Å². The maximum absolute atomic E-state index is 12.6. The summed E-state index contributed by atoms with van der Waals surface area (Å²) in [6.07, 6.45) is 1.40. The van der Waals surface area contributed by atoms with E-state index in [1.165, 1.54) is 13.3 Å². The highest BCUT2D eigenvalue weighted by Crippen LogP contribution is 2.34.